The lowest BCUT2D eigenvalue weighted by Crippen LogP contribution is -2.19. The number of carbonyl (C=O) groups excluding carboxylic acids is 1. The molecule has 1 amide bonds. The molecule has 1 aliphatic rings. The van der Waals surface area contributed by atoms with Crippen molar-refractivity contribution >= 4 is 5.91 Å². The Bertz CT molecular complexity index is 882. The predicted molar refractivity (Wildman–Crippen MR) is 93.1 cm³/mol. The molecule has 0 spiro atoms. The zero-order valence-electron chi connectivity index (χ0n) is 14.1. The topological polar surface area (TPSA) is 88.5 Å². The van der Waals surface area contributed by atoms with Crippen LogP contribution < -0.4 is 5.32 Å². The van der Waals surface area contributed by atoms with E-state index in [0.29, 0.717) is 23.1 Å². The van der Waals surface area contributed by atoms with E-state index in [1.807, 2.05) is 6.07 Å². The van der Waals surface area contributed by atoms with E-state index in [4.69, 9.17) is 0 Å². The molecule has 1 unspecified atom stereocenters. The average Bonchev–Trinajstić information content (AvgIpc) is 3.23. The van der Waals surface area contributed by atoms with Crippen LogP contribution in [0.2, 0.25) is 0 Å². The molecule has 1 aliphatic heterocycles. The molecule has 4 rings (SSSR count). The molecule has 128 valence electrons. The van der Waals surface area contributed by atoms with Gasteiger partial charge in [0.05, 0.1) is 6.33 Å². The van der Waals surface area contributed by atoms with Crippen molar-refractivity contribution in [1.82, 2.24) is 30.0 Å². The van der Waals surface area contributed by atoms with E-state index >= 15 is 0 Å². The van der Waals surface area contributed by atoms with E-state index in [0.717, 1.165) is 31.6 Å². The molecule has 2 aromatic heterocycles. The minimum atomic E-state index is -0.208. The molecule has 7 nitrogen and oxygen atoms in total. The molecule has 3 heterocycles. The fourth-order valence-electron chi connectivity index (χ4n) is 3.48. The molecular weight excluding hydrogens is 316 g/mol. The van der Waals surface area contributed by atoms with Crippen LogP contribution in [-0.2, 0) is 13.0 Å². The van der Waals surface area contributed by atoms with Gasteiger partial charge in [-0.05, 0) is 24.3 Å². The molecule has 0 aliphatic carbocycles. The molecule has 0 bridgehead atoms. The fraction of sp³-hybridized carbons (Fsp3) is 0.333. The van der Waals surface area contributed by atoms with Crippen LogP contribution in [0.15, 0.2) is 36.7 Å². The van der Waals surface area contributed by atoms with E-state index in [1.54, 1.807) is 7.05 Å². The van der Waals surface area contributed by atoms with Crippen LogP contribution in [0.1, 0.15) is 40.6 Å². The summed E-state index contributed by atoms with van der Waals surface area (Å²) in [7, 11) is 1.60. The normalized spacial score (nSPS) is 16.9. The Hall–Kier alpha value is -2.96. The molecule has 3 aromatic rings. The lowest BCUT2D eigenvalue weighted by molar-refractivity contribution is 0.0959. The predicted octanol–water partition coefficient (Wildman–Crippen LogP) is 2.15. The Morgan fingerprint density at radius 2 is 2.08 bits per heavy atom. The molecule has 1 atom stereocenters. The van der Waals surface area contributed by atoms with Crippen LogP contribution in [0.3, 0.4) is 0 Å². The highest BCUT2D eigenvalue weighted by Crippen LogP contribution is 2.31. The van der Waals surface area contributed by atoms with Gasteiger partial charge in [-0.3, -0.25) is 4.79 Å². The number of fused-ring (bicyclic) bond motifs is 1. The largest absolute Gasteiger partial charge is 0.354 e. The van der Waals surface area contributed by atoms with Crippen LogP contribution >= 0.6 is 0 Å². The quantitative estimate of drug-likeness (QED) is 0.767. The van der Waals surface area contributed by atoms with Crippen molar-refractivity contribution in [3.05, 3.63) is 53.7 Å². The summed E-state index contributed by atoms with van der Waals surface area (Å²) in [5, 5.41) is 11.3. The van der Waals surface area contributed by atoms with E-state index in [1.165, 1.54) is 11.9 Å². The summed E-state index contributed by atoms with van der Waals surface area (Å²) in [5.41, 5.74) is 2.34. The van der Waals surface area contributed by atoms with Gasteiger partial charge in [-0.25, -0.2) is 4.98 Å². The average molecular weight is 336 g/mol. The van der Waals surface area contributed by atoms with Gasteiger partial charge in [-0.2, -0.15) is 0 Å². The minimum Gasteiger partial charge on any atom is -0.354 e. The first kappa shape index (κ1) is 15.6. The number of nitrogens with zero attached hydrogens (tertiary/aromatic N) is 4. The lowest BCUT2D eigenvalue weighted by Gasteiger charge is -2.14. The smallest absolute Gasteiger partial charge is 0.269 e. The highest BCUT2D eigenvalue weighted by atomic mass is 16.1. The zero-order valence-corrected chi connectivity index (χ0v) is 14.1. The molecule has 2 N–H and O–H groups in total. The van der Waals surface area contributed by atoms with E-state index in [2.05, 4.69) is 54.3 Å². The Morgan fingerprint density at radius 1 is 1.24 bits per heavy atom. The number of hydrogen-bond donors (Lipinski definition) is 2. The fourth-order valence-corrected chi connectivity index (χ4v) is 3.48. The number of H-pyrrole nitrogens is 1. The number of imidazole rings is 1. The standard InChI is InChI=1S/C18H20N6O/c1-19-18(25)16-15(20-11-21-16)17-23-22-14-8-7-13(9-10-24(14)17)12-5-3-2-4-6-12/h2-6,11,13H,7-10H2,1H3,(H,19,25)(H,20,21). The van der Waals surface area contributed by atoms with Crippen LogP contribution in [0.4, 0.5) is 0 Å². The van der Waals surface area contributed by atoms with Crippen molar-refractivity contribution in [1.29, 1.82) is 0 Å². The van der Waals surface area contributed by atoms with E-state index in [9.17, 15) is 4.79 Å². The van der Waals surface area contributed by atoms with Gasteiger partial charge in [0.1, 0.15) is 17.2 Å². The third kappa shape index (κ3) is 2.82. The molecule has 25 heavy (non-hydrogen) atoms. The maximum Gasteiger partial charge on any atom is 0.269 e. The third-order valence-electron chi connectivity index (χ3n) is 4.82. The highest BCUT2D eigenvalue weighted by Gasteiger charge is 2.25. The van der Waals surface area contributed by atoms with Crippen LogP contribution in [0, 0.1) is 0 Å². The molecule has 7 heteroatoms. The number of amides is 1. The van der Waals surface area contributed by atoms with Crippen molar-refractivity contribution in [3.63, 3.8) is 0 Å². The molecule has 0 radical (unpaired) electrons. The van der Waals surface area contributed by atoms with Crippen molar-refractivity contribution in [2.45, 2.75) is 31.7 Å². The van der Waals surface area contributed by atoms with Gasteiger partial charge in [0.15, 0.2) is 5.82 Å². The first-order valence-corrected chi connectivity index (χ1v) is 8.50. The second kappa shape index (κ2) is 6.51. The molecule has 0 saturated carbocycles. The van der Waals surface area contributed by atoms with Gasteiger partial charge in [-0.15, -0.1) is 10.2 Å². The Morgan fingerprint density at radius 3 is 2.88 bits per heavy atom. The molecule has 0 fully saturated rings. The number of nitrogens with one attached hydrogen (secondary N) is 2. The summed E-state index contributed by atoms with van der Waals surface area (Å²) in [6, 6.07) is 10.6. The van der Waals surface area contributed by atoms with Crippen molar-refractivity contribution < 1.29 is 4.79 Å². The van der Waals surface area contributed by atoms with Gasteiger partial charge in [0.2, 0.25) is 0 Å². The van der Waals surface area contributed by atoms with E-state index < -0.39 is 0 Å². The van der Waals surface area contributed by atoms with Crippen LogP contribution in [-0.4, -0.2) is 37.7 Å². The Balaban J connectivity index is 1.64. The molecular formula is C18H20N6O. The third-order valence-corrected chi connectivity index (χ3v) is 4.82. The summed E-state index contributed by atoms with van der Waals surface area (Å²) < 4.78 is 2.10. The van der Waals surface area contributed by atoms with Gasteiger partial charge in [0, 0.05) is 20.0 Å². The van der Waals surface area contributed by atoms with Gasteiger partial charge >= 0.3 is 0 Å². The monoisotopic (exact) mass is 336 g/mol. The Kier molecular flexibility index (Phi) is 4.05. The molecule has 1 aromatic carbocycles. The number of carbonyl (C=O) groups is 1. The number of aromatic nitrogens is 5. The van der Waals surface area contributed by atoms with Crippen LogP contribution in [0.5, 0.6) is 0 Å². The summed E-state index contributed by atoms with van der Waals surface area (Å²) in [6.45, 7) is 0.817. The minimum absolute atomic E-state index is 0.208. The van der Waals surface area contributed by atoms with Crippen molar-refractivity contribution in [3.8, 4) is 11.5 Å². The van der Waals surface area contributed by atoms with Crippen molar-refractivity contribution in [2.75, 3.05) is 7.05 Å². The van der Waals surface area contributed by atoms with Crippen LogP contribution in [0.25, 0.3) is 11.5 Å². The van der Waals surface area contributed by atoms with Gasteiger partial charge < -0.3 is 14.9 Å². The van der Waals surface area contributed by atoms with Gasteiger partial charge in [0.25, 0.3) is 5.91 Å². The van der Waals surface area contributed by atoms with Gasteiger partial charge in [-0.1, -0.05) is 30.3 Å². The zero-order chi connectivity index (χ0) is 17.2. The summed E-state index contributed by atoms with van der Waals surface area (Å²) >= 11 is 0. The second-order valence-electron chi connectivity index (χ2n) is 6.23. The maximum absolute atomic E-state index is 12.0. The second-order valence-corrected chi connectivity index (χ2v) is 6.23. The van der Waals surface area contributed by atoms with Crippen molar-refractivity contribution in [2.24, 2.45) is 0 Å². The SMILES string of the molecule is CNC(=O)c1[nH]cnc1-c1nnc2n1CCC(c1ccccc1)CC2. The lowest BCUT2D eigenvalue weighted by atomic mass is 9.92. The number of hydrogen-bond acceptors (Lipinski definition) is 4. The summed E-state index contributed by atoms with van der Waals surface area (Å²) in [6.07, 6.45) is 4.45. The summed E-state index contributed by atoms with van der Waals surface area (Å²) in [4.78, 5) is 19.2. The number of rotatable bonds is 3. The number of aromatic amines is 1. The first-order valence-electron chi connectivity index (χ1n) is 8.50. The summed E-state index contributed by atoms with van der Waals surface area (Å²) in [5.74, 6) is 1.91. The Labute approximate surface area is 145 Å². The van der Waals surface area contributed by atoms with E-state index in [-0.39, 0.29) is 5.91 Å². The number of benzene rings is 1. The highest BCUT2D eigenvalue weighted by molar-refractivity contribution is 5.97. The first-order chi connectivity index (χ1) is 12.3. The molecule has 0 saturated heterocycles. The maximum atomic E-state index is 12.0. The number of aryl methyl sites for hydroxylation is 1.